The minimum absolute atomic E-state index is 0.107. The van der Waals surface area contributed by atoms with Gasteiger partial charge in [0, 0.05) is 18.7 Å². The normalized spacial score (nSPS) is 10.2. The lowest BCUT2D eigenvalue weighted by molar-refractivity contribution is -0.384. The van der Waals surface area contributed by atoms with E-state index in [4.69, 9.17) is 11.6 Å². The lowest BCUT2D eigenvalue weighted by Crippen LogP contribution is -2.03. The second-order valence-electron chi connectivity index (χ2n) is 3.88. The summed E-state index contributed by atoms with van der Waals surface area (Å²) in [6, 6.07) is 11.3. The summed E-state index contributed by atoms with van der Waals surface area (Å²) in [4.78, 5) is 10.3. The van der Waals surface area contributed by atoms with Crippen molar-refractivity contribution in [2.45, 2.75) is 6.54 Å². The Bertz CT molecular complexity index is 605. The van der Waals surface area contributed by atoms with Gasteiger partial charge < -0.3 is 5.32 Å². The molecule has 0 spiro atoms. The van der Waals surface area contributed by atoms with Crippen LogP contribution in [0.3, 0.4) is 0 Å². The predicted molar refractivity (Wildman–Crippen MR) is 71.8 cm³/mol. The molecule has 2 aromatic rings. The van der Waals surface area contributed by atoms with E-state index in [0.29, 0.717) is 6.54 Å². The monoisotopic (exact) mass is 280 g/mol. The van der Waals surface area contributed by atoms with E-state index in [2.05, 4.69) is 5.32 Å². The van der Waals surface area contributed by atoms with Gasteiger partial charge in [0.25, 0.3) is 5.69 Å². The third-order valence-electron chi connectivity index (χ3n) is 2.56. The summed E-state index contributed by atoms with van der Waals surface area (Å²) in [6.07, 6.45) is 0. The van der Waals surface area contributed by atoms with E-state index in [0.717, 1.165) is 17.7 Å². The third-order valence-corrected chi connectivity index (χ3v) is 2.85. The van der Waals surface area contributed by atoms with Gasteiger partial charge in [-0.05, 0) is 5.56 Å². The highest BCUT2D eigenvalue weighted by atomic mass is 35.5. The highest BCUT2D eigenvalue weighted by Crippen LogP contribution is 2.30. The largest absolute Gasteiger partial charge is 0.375 e. The van der Waals surface area contributed by atoms with Crippen molar-refractivity contribution in [3.05, 3.63) is 69.0 Å². The molecule has 0 heterocycles. The first-order valence-corrected chi connectivity index (χ1v) is 5.87. The average Bonchev–Trinajstić information content (AvgIpc) is 2.40. The number of nitro groups is 1. The summed E-state index contributed by atoms with van der Waals surface area (Å²) in [5, 5.41) is 13.5. The average molecular weight is 281 g/mol. The SMILES string of the molecule is O=[N+]([O-])c1cc(Cl)c(F)cc1NCc1ccccc1. The Balaban J connectivity index is 2.24. The summed E-state index contributed by atoms with van der Waals surface area (Å²) >= 11 is 5.54. The second-order valence-corrected chi connectivity index (χ2v) is 4.29. The van der Waals surface area contributed by atoms with Crippen LogP contribution in [0.5, 0.6) is 0 Å². The fourth-order valence-corrected chi connectivity index (χ4v) is 1.78. The molecule has 0 bridgehead atoms. The Morgan fingerprint density at radius 3 is 2.58 bits per heavy atom. The van der Waals surface area contributed by atoms with Crippen molar-refractivity contribution in [3.63, 3.8) is 0 Å². The molecular weight excluding hydrogens is 271 g/mol. The lowest BCUT2D eigenvalue weighted by Gasteiger charge is -2.08. The molecule has 0 aromatic heterocycles. The number of hydrogen-bond donors (Lipinski definition) is 1. The van der Waals surface area contributed by atoms with Crippen molar-refractivity contribution >= 4 is 23.0 Å². The Labute approximate surface area is 114 Å². The topological polar surface area (TPSA) is 55.2 Å². The number of nitrogens with zero attached hydrogens (tertiary/aromatic N) is 1. The number of nitrogens with one attached hydrogen (secondary N) is 1. The fraction of sp³-hybridized carbons (Fsp3) is 0.0769. The Hall–Kier alpha value is -2.14. The van der Waals surface area contributed by atoms with Gasteiger partial charge >= 0.3 is 0 Å². The molecule has 0 fully saturated rings. The van der Waals surface area contributed by atoms with Crippen LogP contribution in [-0.4, -0.2) is 4.92 Å². The van der Waals surface area contributed by atoms with Crippen molar-refractivity contribution in [2.24, 2.45) is 0 Å². The van der Waals surface area contributed by atoms with Crippen LogP contribution in [0.25, 0.3) is 0 Å². The van der Waals surface area contributed by atoms with E-state index in [1.165, 1.54) is 0 Å². The van der Waals surface area contributed by atoms with Crippen LogP contribution in [0, 0.1) is 15.9 Å². The third kappa shape index (κ3) is 3.20. The molecule has 0 saturated carbocycles. The van der Waals surface area contributed by atoms with Gasteiger partial charge in [-0.15, -0.1) is 0 Å². The summed E-state index contributed by atoms with van der Waals surface area (Å²) in [5.74, 6) is -0.692. The number of hydrogen-bond acceptors (Lipinski definition) is 3. The van der Waals surface area contributed by atoms with Gasteiger partial charge in [-0.1, -0.05) is 41.9 Å². The van der Waals surface area contributed by atoms with Crippen LogP contribution < -0.4 is 5.32 Å². The fourth-order valence-electron chi connectivity index (χ4n) is 1.62. The quantitative estimate of drug-likeness (QED) is 0.680. The maximum absolute atomic E-state index is 13.4. The standard InChI is InChI=1S/C13H10ClFN2O2/c14-10-6-13(17(18)19)12(7-11(10)15)16-8-9-4-2-1-3-5-9/h1-7,16H,8H2. The minimum Gasteiger partial charge on any atom is -0.375 e. The zero-order chi connectivity index (χ0) is 13.8. The molecule has 0 amide bonds. The molecule has 0 saturated heterocycles. The van der Waals surface area contributed by atoms with Gasteiger partial charge in [0.2, 0.25) is 0 Å². The van der Waals surface area contributed by atoms with Gasteiger partial charge in [0.05, 0.1) is 9.95 Å². The van der Waals surface area contributed by atoms with Crippen molar-refractivity contribution in [2.75, 3.05) is 5.32 Å². The molecule has 4 nitrogen and oxygen atoms in total. The molecule has 19 heavy (non-hydrogen) atoms. The Kier molecular flexibility index (Phi) is 3.97. The number of benzene rings is 2. The summed E-state index contributed by atoms with van der Waals surface area (Å²) in [7, 11) is 0. The number of rotatable bonds is 4. The van der Waals surface area contributed by atoms with Crippen LogP contribution in [-0.2, 0) is 6.54 Å². The van der Waals surface area contributed by atoms with Crippen LogP contribution >= 0.6 is 11.6 Å². The van der Waals surface area contributed by atoms with Gasteiger partial charge in [-0.25, -0.2) is 4.39 Å². The molecule has 1 N–H and O–H groups in total. The highest BCUT2D eigenvalue weighted by molar-refractivity contribution is 6.31. The Morgan fingerprint density at radius 2 is 1.95 bits per heavy atom. The van der Waals surface area contributed by atoms with E-state index >= 15 is 0 Å². The molecule has 0 aliphatic rings. The van der Waals surface area contributed by atoms with Gasteiger partial charge in [-0.2, -0.15) is 0 Å². The van der Waals surface area contributed by atoms with Crippen molar-refractivity contribution in [1.29, 1.82) is 0 Å². The zero-order valence-corrected chi connectivity index (χ0v) is 10.5. The molecule has 2 aromatic carbocycles. The van der Waals surface area contributed by atoms with Crippen LogP contribution in [0.15, 0.2) is 42.5 Å². The maximum atomic E-state index is 13.4. The van der Waals surface area contributed by atoms with Gasteiger partial charge in [0.1, 0.15) is 11.5 Å². The van der Waals surface area contributed by atoms with E-state index in [9.17, 15) is 14.5 Å². The van der Waals surface area contributed by atoms with E-state index in [1.807, 2.05) is 30.3 Å². The van der Waals surface area contributed by atoms with Crippen LogP contribution in [0.1, 0.15) is 5.56 Å². The summed E-state index contributed by atoms with van der Waals surface area (Å²) in [5.41, 5.74) is 0.797. The Morgan fingerprint density at radius 1 is 1.26 bits per heavy atom. The van der Waals surface area contributed by atoms with Crippen molar-refractivity contribution in [1.82, 2.24) is 0 Å². The molecule has 0 aliphatic heterocycles. The maximum Gasteiger partial charge on any atom is 0.294 e. The lowest BCUT2D eigenvalue weighted by atomic mass is 10.2. The van der Waals surface area contributed by atoms with Crippen molar-refractivity contribution in [3.8, 4) is 0 Å². The van der Waals surface area contributed by atoms with Crippen LogP contribution in [0.2, 0.25) is 5.02 Å². The molecule has 2 rings (SSSR count). The molecule has 98 valence electrons. The second kappa shape index (κ2) is 5.67. The predicted octanol–water partition coefficient (Wildman–Crippen LogP) is 4.00. The summed E-state index contributed by atoms with van der Waals surface area (Å²) < 4.78 is 13.4. The first-order valence-electron chi connectivity index (χ1n) is 5.49. The molecular formula is C13H10ClFN2O2. The van der Waals surface area contributed by atoms with Gasteiger partial charge in [-0.3, -0.25) is 10.1 Å². The smallest absolute Gasteiger partial charge is 0.294 e. The molecule has 6 heteroatoms. The summed E-state index contributed by atoms with van der Waals surface area (Å²) in [6.45, 7) is 0.364. The molecule has 0 atom stereocenters. The number of anilines is 1. The van der Waals surface area contributed by atoms with Crippen LogP contribution in [0.4, 0.5) is 15.8 Å². The van der Waals surface area contributed by atoms with Gasteiger partial charge in [0.15, 0.2) is 0 Å². The zero-order valence-electron chi connectivity index (χ0n) is 9.77. The first-order chi connectivity index (χ1) is 9.08. The number of nitro benzene ring substituents is 1. The highest BCUT2D eigenvalue weighted by Gasteiger charge is 2.17. The van der Waals surface area contributed by atoms with E-state index < -0.39 is 10.7 Å². The molecule has 0 unspecified atom stereocenters. The molecule has 0 aliphatic carbocycles. The first kappa shape index (κ1) is 13.3. The molecule has 0 radical (unpaired) electrons. The van der Waals surface area contributed by atoms with Crippen molar-refractivity contribution < 1.29 is 9.31 Å². The van der Waals surface area contributed by atoms with E-state index in [1.54, 1.807) is 0 Å². The number of halogens is 2. The van der Waals surface area contributed by atoms with E-state index in [-0.39, 0.29) is 16.4 Å². The minimum atomic E-state index is -0.692.